The molecule has 0 atom stereocenters. The Morgan fingerprint density at radius 3 is 2.00 bits per heavy atom. The van der Waals surface area contributed by atoms with Crippen LogP contribution in [0.5, 0.6) is 0 Å². The van der Waals surface area contributed by atoms with E-state index in [1.165, 1.54) is 0 Å². The second kappa shape index (κ2) is 9.87. The molecule has 0 saturated heterocycles. The van der Waals surface area contributed by atoms with Gasteiger partial charge in [-0.25, -0.2) is 0 Å². The first-order valence-electron chi connectivity index (χ1n) is 1.05. The normalized spacial score (nSPS) is 5.29. The van der Waals surface area contributed by atoms with E-state index in [1.54, 1.807) is 0 Å². The van der Waals surface area contributed by atoms with Gasteiger partial charge in [-0.05, 0) is 0 Å². The largest absolute Gasteiger partial charge is 1.00 e. The van der Waals surface area contributed by atoms with Gasteiger partial charge < -0.3 is 12.7 Å². The number of alkyl halides is 1. The molecule has 0 fully saturated rings. The molecule has 0 aromatic carbocycles. The van der Waals surface area contributed by atoms with Gasteiger partial charge in [-0.2, -0.15) is 0 Å². The van der Waals surface area contributed by atoms with Crippen molar-refractivity contribution in [3.63, 3.8) is 0 Å². The zero-order valence-corrected chi connectivity index (χ0v) is 6.90. The van der Waals surface area contributed by atoms with Crippen LogP contribution in [0.2, 0.25) is 0 Å². The Hall–Kier alpha value is 0.720. The van der Waals surface area contributed by atoms with Gasteiger partial charge in [-0.15, -0.1) is 11.6 Å². The van der Waals surface area contributed by atoms with E-state index in [1.807, 2.05) is 0 Å². The number of rotatable bonds is 1. The molecule has 0 bridgehead atoms. The van der Waals surface area contributed by atoms with E-state index in [9.17, 15) is 4.79 Å². The quantitative estimate of drug-likeness (QED) is 0.311. The average molecular weight is 136 g/mol. The molecule has 5 heteroatoms. The van der Waals surface area contributed by atoms with Crippen LogP contribution in [-0.4, -0.2) is 17.0 Å². The number of carboxylic acid groups (broad SMARTS) is 1. The Bertz CT molecular complexity index is 55.3. The van der Waals surface area contributed by atoms with Gasteiger partial charge in [0.2, 0.25) is 0 Å². The Balaban J connectivity index is -0.0000000267. The van der Waals surface area contributed by atoms with E-state index < -0.39 is 5.97 Å². The average Bonchev–Trinajstić information content (AvgIpc) is 1.38. The molecule has 0 heterocycles. The monoisotopic (exact) mass is 135 g/mol. The fourth-order valence-electron chi connectivity index (χ4n) is 0. The summed E-state index contributed by atoms with van der Waals surface area (Å²) in [7, 11) is 0. The van der Waals surface area contributed by atoms with Gasteiger partial charge in [0.15, 0.2) is 0 Å². The maximum Gasteiger partial charge on any atom is 1.00 e. The van der Waals surface area contributed by atoms with Crippen LogP contribution in [0.1, 0.15) is 1.43 Å². The zero-order valence-electron chi connectivity index (χ0n) is 5.15. The molecular weight excluding hydrogens is 128 g/mol. The Labute approximate surface area is 70.4 Å². The molecule has 0 aliphatic carbocycles. The maximum absolute atomic E-state index is 9.24. The smallest absolute Gasteiger partial charge is 1.00 e. The second-order valence-corrected chi connectivity index (χ2v) is 0.795. The van der Waals surface area contributed by atoms with E-state index in [-0.39, 0.29) is 43.0 Å². The minimum Gasteiger partial charge on any atom is -1.00 e. The number of carbonyl (C=O) groups is 1. The summed E-state index contributed by atoms with van der Waals surface area (Å²) in [5, 5.41) is 7.59. The summed E-state index contributed by atoms with van der Waals surface area (Å²) in [6, 6.07) is 0. The number of halogens is 1. The van der Waals surface area contributed by atoms with Crippen molar-refractivity contribution in [1.82, 2.24) is 6.15 Å². The molecule has 40 valence electrons. The molecule has 4 N–H and O–H groups in total. The van der Waals surface area contributed by atoms with Crippen molar-refractivity contribution in [3.8, 4) is 0 Å². The predicted octanol–water partition coefficient (Wildman–Crippen LogP) is -2.41. The van der Waals surface area contributed by atoms with Crippen LogP contribution in [0.25, 0.3) is 0 Å². The molecular formula is C2H7ClNNaO2. The van der Waals surface area contributed by atoms with Gasteiger partial charge in [0.25, 0.3) is 0 Å². The van der Waals surface area contributed by atoms with Crippen molar-refractivity contribution >= 4 is 17.6 Å². The first-order chi connectivity index (χ1) is 2.27. The van der Waals surface area contributed by atoms with Gasteiger partial charge in [-0.1, -0.05) is 0 Å². The van der Waals surface area contributed by atoms with E-state index in [0.717, 1.165) is 0 Å². The number of aliphatic carboxylic acids is 1. The molecule has 0 aliphatic heterocycles. The van der Waals surface area contributed by atoms with Crippen molar-refractivity contribution in [2.45, 2.75) is 0 Å². The predicted molar refractivity (Wildman–Crippen MR) is 24.5 cm³/mol. The van der Waals surface area contributed by atoms with Crippen LogP contribution >= 0.6 is 11.6 Å². The van der Waals surface area contributed by atoms with Crippen LogP contribution in [0.3, 0.4) is 0 Å². The van der Waals surface area contributed by atoms with Gasteiger partial charge >= 0.3 is 35.5 Å². The van der Waals surface area contributed by atoms with Gasteiger partial charge in [0, 0.05) is 0 Å². The summed E-state index contributed by atoms with van der Waals surface area (Å²) >= 11 is 4.74. The van der Waals surface area contributed by atoms with Crippen LogP contribution in [0.4, 0.5) is 0 Å². The number of hydrogen-bond acceptors (Lipinski definition) is 2. The minimum absolute atomic E-state index is 0. The summed E-state index contributed by atoms with van der Waals surface area (Å²) < 4.78 is 0. The SMILES string of the molecule is N.O=C(O)CCl.[H-].[Na+]. The van der Waals surface area contributed by atoms with E-state index in [2.05, 4.69) is 0 Å². The number of carboxylic acids is 1. The molecule has 0 rings (SSSR count). The van der Waals surface area contributed by atoms with E-state index >= 15 is 0 Å². The third kappa shape index (κ3) is 20.2. The van der Waals surface area contributed by atoms with Crippen LogP contribution in [0, 0.1) is 0 Å². The van der Waals surface area contributed by atoms with Crippen molar-refractivity contribution in [3.05, 3.63) is 0 Å². The number of hydrogen-bond donors (Lipinski definition) is 2. The minimum atomic E-state index is -0.980. The van der Waals surface area contributed by atoms with Gasteiger partial charge in [0.1, 0.15) is 5.88 Å². The van der Waals surface area contributed by atoms with Crippen LogP contribution in [0.15, 0.2) is 0 Å². The summed E-state index contributed by atoms with van der Waals surface area (Å²) in [6.07, 6.45) is 0. The molecule has 0 saturated carbocycles. The Morgan fingerprint density at radius 2 is 2.00 bits per heavy atom. The van der Waals surface area contributed by atoms with Gasteiger partial charge in [-0.3, -0.25) is 4.79 Å². The molecule has 0 amide bonds. The fraction of sp³-hybridized carbons (Fsp3) is 0.500. The van der Waals surface area contributed by atoms with Crippen molar-refractivity contribution in [2.24, 2.45) is 0 Å². The standard InChI is InChI=1S/C2H3ClO2.H3N.Na.H/c3-1-2(4)5;;;/h1H2,(H,4,5);1H3;;/q;;+1;-1. The second-order valence-electron chi connectivity index (χ2n) is 0.527. The van der Waals surface area contributed by atoms with Crippen LogP contribution < -0.4 is 35.7 Å². The first-order valence-corrected chi connectivity index (χ1v) is 1.58. The third-order valence-electron chi connectivity index (χ3n) is 0.114. The molecule has 0 aliphatic rings. The molecule has 0 aromatic rings. The summed E-state index contributed by atoms with van der Waals surface area (Å²) in [6.45, 7) is 0. The summed E-state index contributed by atoms with van der Waals surface area (Å²) in [4.78, 5) is 9.24. The molecule has 0 spiro atoms. The molecule has 0 aromatic heterocycles. The molecule has 7 heavy (non-hydrogen) atoms. The van der Waals surface area contributed by atoms with Crippen molar-refractivity contribution in [2.75, 3.05) is 5.88 Å². The van der Waals surface area contributed by atoms with Gasteiger partial charge in [0.05, 0.1) is 0 Å². The summed E-state index contributed by atoms with van der Waals surface area (Å²) in [5.41, 5.74) is 0. The first kappa shape index (κ1) is 15.6. The van der Waals surface area contributed by atoms with Crippen LogP contribution in [-0.2, 0) is 4.79 Å². The topological polar surface area (TPSA) is 72.3 Å². The maximum atomic E-state index is 9.24. The molecule has 0 radical (unpaired) electrons. The van der Waals surface area contributed by atoms with E-state index in [0.29, 0.717) is 0 Å². The third-order valence-corrected chi connectivity index (χ3v) is 0.343. The van der Waals surface area contributed by atoms with Crippen molar-refractivity contribution in [1.29, 1.82) is 0 Å². The molecule has 0 unspecified atom stereocenters. The fourth-order valence-corrected chi connectivity index (χ4v) is 0. The van der Waals surface area contributed by atoms with E-state index in [4.69, 9.17) is 16.7 Å². The Kier molecular flexibility index (Phi) is 22.1. The zero-order chi connectivity index (χ0) is 4.28. The Morgan fingerprint density at radius 1 is 1.86 bits per heavy atom. The molecule has 3 nitrogen and oxygen atoms in total. The van der Waals surface area contributed by atoms with Crippen molar-refractivity contribution < 1.29 is 40.9 Å². The summed E-state index contributed by atoms with van der Waals surface area (Å²) in [5.74, 6) is -1.29.